The first-order chi connectivity index (χ1) is 14.5. The van der Waals surface area contributed by atoms with Gasteiger partial charge in [-0.25, -0.2) is 0 Å². The molecule has 30 heavy (non-hydrogen) atoms. The van der Waals surface area contributed by atoms with Crippen LogP contribution in [0.4, 0.5) is 0 Å². The predicted molar refractivity (Wildman–Crippen MR) is 117 cm³/mol. The second-order valence-electron chi connectivity index (χ2n) is 7.65. The summed E-state index contributed by atoms with van der Waals surface area (Å²) in [7, 11) is 0. The van der Waals surface area contributed by atoms with Gasteiger partial charge in [0.15, 0.2) is 0 Å². The molecule has 6 N–H and O–H groups in total. The van der Waals surface area contributed by atoms with Crippen LogP contribution in [0.15, 0.2) is 54.6 Å². The lowest BCUT2D eigenvalue weighted by Crippen LogP contribution is -2.61. The van der Waals surface area contributed by atoms with Crippen LogP contribution in [0.5, 0.6) is 0 Å². The van der Waals surface area contributed by atoms with E-state index in [4.69, 9.17) is 16.9 Å². The van der Waals surface area contributed by atoms with Gasteiger partial charge in [0.05, 0.1) is 6.04 Å². The number of amides is 2. The van der Waals surface area contributed by atoms with Crippen molar-refractivity contribution in [2.24, 2.45) is 11.5 Å². The van der Waals surface area contributed by atoms with Crippen LogP contribution in [0.25, 0.3) is 0 Å². The molecule has 158 valence electrons. The fourth-order valence-electron chi connectivity index (χ4n) is 3.54. The van der Waals surface area contributed by atoms with E-state index in [9.17, 15) is 9.59 Å². The number of carbonyl (C=O) groups excluding carboxylic acids is 2. The lowest BCUT2D eigenvalue weighted by Gasteiger charge is -2.41. The summed E-state index contributed by atoms with van der Waals surface area (Å²) in [4.78, 5) is 26.7. The molecule has 1 fully saturated rings. The Morgan fingerprint density at radius 2 is 1.80 bits per heavy atom. The molecule has 3 rings (SSSR count). The third-order valence-electron chi connectivity index (χ3n) is 5.48. The summed E-state index contributed by atoms with van der Waals surface area (Å²) in [5, 5.41) is 10.3. The second-order valence-corrected chi connectivity index (χ2v) is 7.65. The molecular weight excluding hydrogens is 378 g/mol. The molecule has 0 aromatic heterocycles. The minimum atomic E-state index is -0.580. The Balaban J connectivity index is 1.43. The minimum absolute atomic E-state index is 0.00863. The number of amidine groups is 1. The maximum atomic E-state index is 12.6. The first-order valence-electron chi connectivity index (χ1n) is 10.3. The molecule has 1 saturated heterocycles. The van der Waals surface area contributed by atoms with Gasteiger partial charge in [-0.05, 0) is 36.8 Å². The number of nitrogens with two attached hydrogens (primary N) is 2. The summed E-state index contributed by atoms with van der Waals surface area (Å²) >= 11 is 0. The number of benzene rings is 2. The summed E-state index contributed by atoms with van der Waals surface area (Å²) in [5.74, 6) is -0.309. The molecule has 2 aromatic rings. The van der Waals surface area contributed by atoms with Crippen LogP contribution < -0.4 is 16.8 Å². The standard InChI is InChI=1S/C23H29N5O2/c24-19(8-4-7-16-5-2-1-3-6-16)23(30)28-14-13-20(28)22(29)27-15-17-9-11-18(12-10-17)21(25)26/h1-3,5-6,9-12,19-20H,4,7-8,13-15,24H2,(H3,25,26)(H,27,29)/t19-,20+/m1/s1. The molecule has 2 amide bonds. The monoisotopic (exact) mass is 407 g/mol. The number of rotatable bonds is 9. The zero-order chi connectivity index (χ0) is 21.5. The average Bonchev–Trinajstić information content (AvgIpc) is 2.72. The van der Waals surface area contributed by atoms with Gasteiger partial charge in [0.1, 0.15) is 11.9 Å². The van der Waals surface area contributed by atoms with E-state index in [1.54, 1.807) is 17.0 Å². The Bertz CT molecular complexity index is 882. The molecule has 0 spiro atoms. The summed E-state index contributed by atoms with van der Waals surface area (Å²) in [6.45, 7) is 0.926. The van der Waals surface area contributed by atoms with Crippen molar-refractivity contribution in [3.8, 4) is 0 Å². The van der Waals surface area contributed by atoms with Gasteiger partial charge in [0, 0.05) is 18.7 Å². The number of hydrogen-bond donors (Lipinski definition) is 4. The summed E-state index contributed by atoms with van der Waals surface area (Å²) in [5.41, 5.74) is 14.3. The van der Waals surface area contributed by atoms with E-state index < -0.39 is 12.1 Å². The van der Waals surface area contributed by atoms with Crippen molar-refractivity contribution in [1.82, 2.24) is 10.2 Å². The van der Waals surface area contributed by atoms with Crippen molar-refractivity contribution in [2.75, 3.05) is 6.54 Å². The van der Waals surface area contributed by atoms with E-state index in [1.165, 1.54) is 5.56 Å². The van der Waals surface area contributed by atoms with Gasteiger partial charge in [0.2, 0.25) is 11.8 Å². The van der Waals surface area contributed by atoms with E-state index in [-0.39, 0.29) is 17.6 Å². The van der Waals surface area contributed by atoms with Gasteiger partial charge < -0.3 is 21.7 Å². The van der Waals surface area contributed by atoms with Gasteiger partial charge in [-0.3, -0.25) is 15.0 Å². The summed E-state index contributed by atoms with van der Waals surface area (Å²) in [6.07, 6.45) is 2.96. The maximum Gasteiger partial charge on any atom is 0.243 e. The van der Waals surface area contributed by atoms with Gasteiger partial charge in [0.25, 0.3) is 0 Å². The highest BCUT2D eigenvalue weighted by atomic mass is 16.2. The molecule has 0 saturated carbocycles. The first-order valence-corrected chi connectivity index (χ1v) is 10.3. The van der Waals surface area contributed by atoms with Crippen molar-refractivity contribution in [2.45, 2.75) is 44.3 Å². The van der Waals surface area contributed by atoms with Gasteiger partial charge >= 0.3 is 0 Å². The van der Waals surface area contributed by atoms with Crippen molar-refractivity contribution in [3.05, 3.63) is 71.3 Å². The third kappa shape index (κ3) is 5.45. The lowest BCUT2D eigenvalue weighted by atomic mass is 9.98. The first kappa shape index (κ1) is 21.5. The minimum Gasteiger partial charge on any atom is -0.384 e. The van der Waals surface area contributed by atoms with Crippen LogP contribution in [0, 0.1) is 5.41 Å². The van der Waals surface area contributed by atoms with E-state index in [1.807, 2.05) is 30.3 Å². The number of nitrogens with one attached hydrogen (secondary N) is 2. The fraction of sp³-hybridized carbons (Fsp3) is 0.348. The predicted octanol–water partition coefficient (Wildman–Crippen LogP) is 1.54. The molecule has 7 nitrogen and oxygen atoms in total. The molecule has 1 heterocycles. The maximum absolute atomic E-state index is 12.6. The Hall–Kier alpha value is -3.19. The number of likely N-dealkylation sites (tertiary alicyclic amines) is 1. The van der Waals surface area contributed by atoms with Gasteiger partial charge in [-0.2, -0.15) is 0 Å². The molecule has 0 aliphatic carbocycles. The number of nitrogen functional groups attached to an aromatic ring is 1. The van der Waals surface area contributed by atoms with Crippen molar-refractivity contribution in [3.63, 3.8) is 0 Å². The molecule has 2 atom stereocenters. The smallest absolute Gasteiger partial charge is 0.243 e. The summed E-state index contributed by atoms with van der Waals surface area (Å²) < 4.78 is 0. The van der Waals surface area contributed by atoms with Crippen LogP contribution >= 0.6 is 0 Å². The highest BCUT2D eigenvalue weighted by Crippen LogP contribution is 2.20. The fourth-order valence-corrected chi connectivity index (χ4v) is 3.54. The van der Waals surface area contributed by atoms with Gasteiger partial charge in [-0.15, -0.1) is 0 Å². The van der Waals surface area contributed by atoms with Crippen LogP contribution in [0.2, 0.25) is 0 Å². The number of carbonyl (C=O) groups is 2. The van der Waals surface area contributed by atoms with E-state index in [0.717, 1.165) is 18.4 Å². The van der Waals surface area contributed by atoms with Crippen LogP contribution in [0.1, 0.15) is 36.0 Å². The summed E-state index contributed by atoms with van der Waals surface area (Å²) in [6, 6.07) is 16.2. The van der Waals surface area contributed by atoms with E-state index >= 15 is 0 Å². The van der Waals surface area contributed by atoms with Crippen LogP contribution in [0.3, 0.4) is 0 Å². The van der Waals surface area contributed by atoms with Crippen molar-refractivity contribution < 1.29 is 9.59 Å². The normalized spacial score (nSPS) is 16.4. The average molecular weight is 408 g/mol. The molecule has 0 bridgehead atoms. The zero-order valence-electron chi connectivity index (χ0n) is 17.0. The molecule has 0 radical (unpaired) electrons. The molecule has 1 aliphatic rings. The Morgan fingerprint density at radius 1 is 1.10 bits per heavy atom. The second kappa shape index (κ2) is 10.0. The lowest BCUT2D eigenvalue weighted by molar-refractivity contribution is -0.148. The molecule has 1 aliphatic heterocycles. The van der Waals surface area contributed by atoms with Gasteiger partial charge in [-0.1, -0.05) is 54.6 Å². The topological polar surface area (TPSA) is 125 Å². The van der Waals surface area contributed by atoms with Crippen molar-refractivity contribution in [1.29, 1.82) is 5.41 Å². The zero-order valence-corrected chi connectivity index (χ0v) is 17.0. The van der Waals surface area contributed by atoms with Crippen LogP contribution in [-0.4, -0.2) is 41.2 Å². The SMILES string of the molecule is N=C(N)c1ccc(CNC(=O)[C@@H]2CCN2C(=O)[C@H](N)CCCc2ccccc2)cc1. The Kier molecular flexibility index (Phi) is 7.19. The van der Waals surface area contributed by atoms with E-state index in [0.29, 0.717) is 31.5 Å². The quantitative estimate of drug-likeness (QED) is 0.372. The molecule has 7 heteroatoms. The molecule has 2 aromatic carbocycles. The Labute approximate surface area is 176 Å². The highest BCUT2D eigenvalue weighted by molar-refractivity contribution is 5.95. The number of aryl methyl sites for hydroxylation is 1. The highest BCUT2D eigenvalue weighted by Gasteiger charge is 2.39. The number of hydrogen-bond acceptors (Lipinski definition) is 4. The van der Waals surface area contributed by atoms with Crippen LogP contribution in [-0.2, 0) is 22.6 Å². The molecular formula is C23H29N5O2. The largest absolute Gasteiger partial charge is 0.384 e. The number of nitrogens with zero attached hydrogens (tertiary/aromatic N) is 1. The van der Waals surface area contributed by atoms with Crippen molar-refractivity contribution >= 4 is 17.6 Å². The molecule has 0 unspecified atom stereocenters. The third-order valence-corrected chi connectivity index (χ3v) is 5.48. The Morgan fingerprint density at radius 3 is 2.40 bits per heavy atom. The van der Waals surface area contributed by atoms with E-state index in [2.05, 4.69) is 17.4 Å².